The van der Waals surface area contributed by atoms with Crippen molar-refractivity contribution in [2.45, 2.75) is 30.7 Å². The highest BCUT2D eigenvalue weighted by molar-refractivity contribution is 6.56. The molecule has 1 aromatic heterocycles. The van der Waals surface area contributed by atoms with Gasteiger partial charge in [-0.1, -0.05) is 36.4 Å². The van der Waals surface area contributed by atoms with E-state index in [2.05, 4.69) is 41.0 Å². The fraction of sp³-hybridized carbons (Fsp3) is 0.217. The minimum Gasteiger partial charge on any atom is -0.322 e. The quantitative estimate of drug-likeness (QED) is 0.440. The summed E-state index contributed by atoms with van der Waals surface area (Å²) in [5.74, 6) is -0.850. The lowest BCUT2D eigenvalue weighted by Crippen LogP contribution is -2.52. The summed E-state index contributed by atoms with van der Waals surface area (Å²) >= 11 is 0. The van der Waals surface area contributed by atoms with Gasteiger partial charge in [-0.3, -0.25) is 24.4 Å². The average molecular weight is 436 g/mol. The molecule has 1 fully saturated rings. The Morgan fingerprint density at radius 3 is 2.42 bits per heavy atom. The Kier molecular flexibility index (Phi) is 5.03. The van der Waals surface area contributed by atoms with Gasteiger partial charge >= 0.3 is 0 Å². The maximum absolute atomic E-state index is 13.0. The van der Waals surface area contributed by atoms with E-state index in [1.54, 1.807) is 4.90 Å². The van der Waals surface area contributed by atoms with Crippen molar-refractivity contribution in [2.75, 3.05) is 0 Å². The number of rotatable bonds is 4. The van der Waals surface area contributed by atoms with Crippen molar-refractivity contribution >= 4 is 41.3 Å². The molecule has 2 aromatic carbocycles. The van der Waals surface area contributed by atoms with Gasteiger partial charge in [0.2, 0.25) is 11.8 Å². The molecule has 1 atom stereocenters. The molecule has 3 heterocycles. The van der Waals surface area contributed by atoms with Gasteiger partial charge in [0.05, 0.1) is 11.9 Å². The van der Waals surface area contributed by atoms with Gasteiger partial charge < -0.3 is 4.90 Å². The smallest absolute Gasteiger partial charge is 0.255 e. The van der Waals surface area contributed by atoms with Crippen LogP contribution in [0.5, 0.6) is 0 Å². The third-order valence-electron chi connectivity index (χ3n) is 6.29. The molecule has 2 aliphatic heterocycles. The van der Waals surface area contributed by atoms with Gasteiger partial charge in [-0.15, -0.1) is 0 Å². The standard InChI is InChI=1S/C23H23B3N4O3/c24-23(25,26)30-20(13-4-2-1-3-5-13)17(11-27-30)14-6-7-16-15(10-14)12-29(22(16)33)18-8-9-19(31)28-21(18)32/h1-7,10-11,18H,8-9,12,24-26H2,(H,28,31,32). The molecule has 1 N–H and O–H groups in total. The van der Waals surface area contributed by atoms with E-state index in [0.29, 0.717) is 18.5 Å². The average Bonchev–Trinajstić information content (AvgIpc) is 3.36. The number of piperidine rings is 1. The van der Waals surface area contributed by atoms with Gasteiger partial charge in [0.25, 0.3) is 5.91 Å². The second kappa shape index (κ2) is 7.80. The Hall–Kier alpha value is -3.55. The fourth-order valence-corrected chi connectivity index (χ4v) is 4.68. The van der Waals surface area contributed by atoms with E-state index in [9.17, 15) is 14.4 Å². The van der Waals surface area contributed by atoms with Gasteiger partial charge in [0, 0.05) is 29.7 Å². The van der Waals surface area contributed by atoms with Crippen LogP contribution >= 0.6 is 0 Å². The van der Waals surface area contributed by atoms with E-state index in [1.165, 1.54) is 0 Å². The molecule has 5 rings (SSSR count). The fourth-order valence-electron chi connectivity index (χ4n) is 4.68. The topological polar surface area (TPSA) is 84.3 Å². The molecule has 3 amide bonds. The van der Waals surface area contributed by atoms with Crippen molar-refractivity contribution in [1.29, 1.82) is 0 Å². The zero-order valence-corrected chi connectivity index (χ0v) is 19.0. The molecule has 0 spiro atoms. The van der Waals surface area contributed by atoms with Gasteiger partial charge in [0.1, 0.15) is 29.6 Å². The van der Waals surface area contributed by atoms with Crippen molar-refractivity contribution in [3.63, 3.8) is 0 Å². The van der Waals surface area contributed by atoms with Crippen LogP contribution in [0.2, 0.25) is 0 Å². The summed E-state index contributed by atoms with van der Waals surface area (Å²) in [5, 5.41) is 6.85. The van der Waals surface area contributed by atoms with E-state index in [1.807, 2.05) is 47.3 Å². The summed E-state index contributed by atoms with van der Waals surface area (Å²) in [6, 6.07) is 15.4. The number of hydrogen-bond acceptors (Lipinski definition) is 4. The number of imide groups is 1. The van der Waals surface area contributed by atoms with E-state index >= 15 is 0 Å². The third kappa shape index (κ3) is 3.69. The van der Waals surface area contributed by atoms with Crippen LogP contribution in [0.15, 0.2) is 54.7 Å². The number of fused-ring (bicyclic) bond motifs is 1. The Labute approximate surface area is 194 Å². The highest BCUT2D eigenvalue weighted by Crippen LogP contribution is 2.36. The summed E-state index contributed by atoms with van der Waals surface area (Å²) in [7, 11) is 6.36. The highest BCUT2D eigenvalue weighted by Gasteiger charge is 2.39. The first kappa shape index (κ1) is 21.3. The lowest BCUT2D eigenvalue weighted by atomic mass is 9.49. The lowest BCUT2D eigenvalue weighted by Gasteiger charge is -2.29. The van der Waals surface area contributed by atoms with Crippen LogP contribution in [-0.4, -0.2) is 62.0 Å². The lowest BCUT2D eigenvalue weighted by molar-refractivity contribution is -0.136. The zero-order valence-electron chi connectivity index (χ0n) is 19.0. The molecule has 10 heteroatoms. The summed E-state index contributed by atoms with van der Waals surface area (Å²) in [5.41, 5.74) is 5.54. The van der Waals surface area contributed by atoms with Gasteiger partial charge in [-0.25, -0.2) is 0 Å². The first-order valence-electron chi connectivity index (χ1n) is 11.2. The van der Waals surface area contributed by atoms with E-state index in [4.69, 9.17) is 5.10 Å². The molecular weight excluding hydrogens is 413 g/mol. The molecule has 3 aromatic rings. The van der Waals surface area contributed by atoms with Crippen molar-refractivity contribution < 1.29 is 14.4 Å². The van der Waals surface area contributed by atoms with Crippen molar-refractivity contribution in [3.8, 4) is 22.4 Å². The Morgan fingerprint density at radius 1 is 0.970 bits per heavy atom. The van der Waals surface area contributed by atoms with E-state index in [-0.39, 0.29) is 23.5 Å². The minimum atomic E-state index is -0.616. The zero-order chi connectivity index (χ0) is 23.3. The number of benzene rings is 2. The van der Waals surface area contributed by atoms with Crippen LogP contribution in [-0.2, 0) is 21.4 Å². The Bertz CT molecular complexity index is 1280. The van der Waals surface area contributed by atoms with Crippen LogP contribution in [0.3, 0.4) is 0 Å². The van der Waals surface area contributed by atoms with Crippen molar-refractivity contribution in [1.82, 2.24) is 20.0 Å². The van der Waals surface area contributed by atoms with Crippen LogP contribution in [0.1, 0.15) is 28.8 Å². The van der Waals surface area contributed by atoms with Crippen molar-refractivity contribution in [3.05, 3.63) is 65.9 Å². The molecule has 1 unspecified atom stereocenters. The normalized spacial score (nSPS) is 18.4. The van der Waals surface area contributed by atoms with Gasteiger partial charge in [-0.05, 0) is 34.9 Å². The predicted octanol–water partition coefficient (Wildman–Crippen LogP) is -0.555. The number of hydrogen-bond donors (Lipinski definition) is 1. The SMILES string of the molecule is BC(B)(B)n1ncc(-c2ccc3c(c2)CN(C2CCC(=O)NC2=O)C3=O)c1-c1ccccc1. The first-order valence-corrected chi connectivity index (χ1v) is 11.2. The highest BCUT2D eigenvalue weighted by atomic mass is 16.2. The molecule has 0 bridgehead atoms. The molecule has 0 saturated carbocycles. The van der Waals surface area contributed by atoms with Crippen LogP contribution in [0, 0.1) is 0 Å². The summed E-state index contributed by atoms with van der Waals surface area (Å²) < 4.78 is 2.03. The summed E-state index contributed by atoms with van der Waals surface area (Å²) in [4.78, 5) is 38.5. The molecule has 162 valence electrons. The number of carbonyl (C=O) groups is 3. The predicted molar refractivity (Wildman–Crippen MR) is 133 cm³/mol. The molecule has 0 aliphatic carbocycles. The van der Waals surface area contributed by atoms with E-state index in [0.717, 1.165) is 27.9 Å². The first-order chi connectivity index (χ1) is 15.7. The van der Waals surface area contributed by atoms with Crippen molar-refractivity contribution in [2.24, 2.45) is 0 Å². The molecule has 2 aliphatic rings. The summed E-state index contributed by atoms with van der Waals surface area (Å²) in [6.07, 6.45) is 2.48. The second-order valence-electron chi connectivity index (χ2n) is 9.63. The molecule has 0 radical (unpaired) electrons. The van der Waals surface area contributed by atoms with E-state index < -0.39 is 11.9 Å². The third-order valence-corrected chi connectivity index (χ3v) is 6.29. The molecule has 7 nitrogen and oxygen atoms in total. The number of nitrogens with one attached hydrogen (secondary N) is 1. The number of amides is 3. The maximum Gasteiger partial charge on any atom is 0.255 e. The number of aromatic nitrogens is 2. The molecule has 1 saturated heterocycles. The van der Waals surface area contributed by atoms with Gasteiger partial charge in [-0.2, -0.15) is 5.10 Å². The molecular formula is C23H23B3N4O3. The number of carbonyl (C=O) groups excluding carboxylic acids is 3. The molecule has 33 heavy (non-hydrogen) atoms. The largest absolute Gasteiger partial charge is 0.322 e. The van der Waals surface area contributed by atoms with Crippen LogP contribution in [0.25, 0.3) is 22.4 Å². The van der Waals surface area contributed by atoms with Gasteiger partial charge in [0.15, 0.2) is 0 Å². The van der Waals surface area contributed by atoms with Crippen LogP contribution < -0.4 is 5.32 Å². The minimum absolute atomic E-state index is 0.167. The Balaban J connectivity index is 1.54. The Morgan fingerprint density at radius 2 is 1.73 bits per heavy atom. The maximum atomic E-state index is 13.0. The second-order valence-corrected chi connectivity index (χ2v) is 9.63. The number of nitrogens with zero attached hydrogens (tertiary/aromatic N) is 3. The monoisotopic (exact) mass is 436 g/mol. The van der Waals surface area contributed by atoms with Crippen LogP contribution in [0.4, 0.5) is 0 Å². The summed E-state index contributed by atoms with van der Waals surface area (Å²) in [6.45, 7) is 0.350.